The minimum absolute atomic E-state index is 0.104. The predicted molar refractivity (Wildman–Crippen MR) is 63.2 cm³/mol. The van der Waals surface area contributed by atoms with Gasteiger partial charge in [0.1, 0.15) is 11.3 Å². The Morgan fingerprint density at radius 1 is 1.50 bits per heavy atom. The highest BCUT2D eigenvalue weighted by Crippen LogP contribution is 2.22. The number of hydrogen-bond acceptors (Lipinski definition) is 5. The molecule has 0 bridgehead atoms. The summed E-state index contributed by atoms with van der Waals surface area (Å²) in [7, 11) is 1.43. The molecule has 0 aliphatic carbocycles. The number of nitro benzene ring substituents is 1. The van der Waals surface area contributed by atoms with Crippen molar-refractivity contribution in [2.45, 2.75) is 6.92 Å². The van der Waals surface area contributed by atoms with Gasteiger partial charge in [0, 0.05) is 18.1 Å². The molecule has 6 nitrogen and oxygen atoms in total. The van der Waals surface area contributed by atoms with Gasteiger partial charge in [-0.2, -0.15) is 0 Å². The van der Waals surface area contributed by atoms with Crippen LogP contribution in [0.5, 0.6) is 5.75 Å². The molecule has 0 N–H and O–H groups in total. The van der Waals surface area contributed by atoms with Crippen molar-refractivity contribution in [3.05, 3.63) is 33.9 Å². The summed E-state index contributed by atoms with van der Waals surface area (Å²) in [5.74, 6) is 4.28. The molecule has 0 amide bonds. The van der Waals surface area contributed by atoms with E-state index >= 15 is 0 Å². The predicted octanol–water partition coefficient (Wildman–Crippen LogP) is 1.52. The number of carbonyl (C=O) groups is 1. The Balaban J connectivity index is 3.12. The van der Waals surface area contributed by atoms with Gasteiger partial charge in [-0.1, -0.05) is 0 Å². The first-order chi connectivity index (χ1) is 8.58. The molecule has 0 unspecified atom stereocenters. The normalized spacial score (nSPS) is 9.00. The summed E-state index contributed by atoms with van der Waals surface area (Å²) in [4.78, 5) is 21.3. The highest BCUT2D eigenvalue weighted by Gasteiger charge is 2.12. The van der Waals surface area contributed by atoms with Gasteiger partial charge in [0.05, 0.1) is 18.6 Å². The van der Waals surface area contributed by atoms with Gasteiger partial charge >= 0.3 is 5.97 Å². The standard InChI is InChI=1S/C12H11NO5/c1-3-18-12(14)7-4-9-8-10(17-2)5-6-11(9)13(15)16/h5-6,8H,3H2,1-2H3. The Bertz CT molecular complexity index is 527. The molecule has 0 heterocycles. The highest BCUT2D eigenvalue weighted by molar-refractivity contribution is 5.89. The Morgan fingerprint density at radius 2 is 2.22 bits per heavy atom. The topological polar surface area (TPSA) is 78.7 Å². The number of methoxy groups -OCH3 is 1. The van der Waals surface area contributed by atoms with E-state index in [1.807, 2.05) is 0 Å². The first-order valence-corrected chi connectivity index (χ1v) is 5.09. The number of hydrogen-bond donors (Lipinski definition) is 0. The van der Waals surface area contributed by atoms with Gasteiger partial charge in [0.15, 0.2) is 0 Å². The van der Waals surface area contributed by atoms with Crippen LogP contribution in [0.1, 0.15) is 12.5 Å². The second kappa shape index (κ2) is 6.25. The minimum atomic E-state index is -0.727. The average molecular weight is 249 g/mol. The van der Waals surface area contributed by atoms with Crippen molar-refractivity contribution in [2.24, 2.45) is 0 Å². The summed E-state index contributed by atoms with van der Waals surface area (Å²) in [5.41, 5.74) is -0.0833. The molecule has 0 atom stereocenters. The fourth-order valence-corrected chi connectivity index (χ4v) is 1.19. The molecular weight excluding hydrogens is 238 g/mol. The molecule has 0 fully saturated rings. The lowest BCUT2D eigenvalue weighted by Gasteiger charge is -2.00. The van der Waals surface area contributed by atoms with Crippen LogP contribution in [-0.4, -0.2) is 24.6 Å². The number of benzene rings is 1. The van der Waals surface area contributed by atoms with Crippen LogP contribution < -0.4 is 4.74 Å². The summed E-state index contributed by atoms with van der Waals surface area (Å²) in [6, 6.07) is 4.12. The molecule has 0 saturated heterocycles. The monoisotopic (exact) mass is 249 g/mol. The van der Waals surface area contributed by atoms with E-state index < -0.39 is 10.9 Å². The fraction of sp³-hybridized carbons (Fsp3) is 0.250. The zero-order chi connectivity index (χ0) is 13.5. The van der Waals surface area contributed by atoms with Crippen molar-refractivity contribution < 1.29 is 19.2 Å². The fourth-order valence-electron chi connectivity index (χ4n) is 1.19. The summed E-state index contributed by atoms with van der Waals surface area (Å²) < 4.78 is 9.54. The number of esters is 1. The van der Waals surface area contributed by atoms with Crippen LogP contribution in [0, 0.1) is 22.0 Å². The van der Waals surface area contributed by atoms with E-state index in [1.54, 1.807) is 6.92 Å². The summed E-state index contributed by atoms with van der Waals surface area (Å²) in [5, 5.41) is 10.8. The first kappa shape index (κ1) is 13.5. The molecule has 0 aliphatic heterocycles. The van der Waals surface area contributed by atoms with E-state index in [0.29, 0.717) is 5.75 Å². The van der Waals surface area contributed by atoms with Crippen LogP contribution >= 0.6 is 0 Å². The smallest absolute Gasteiger partial charge is 0.384 e. The molecule has 1 rings (SSSR count). The van der Waals surface area contributed by atoms with Gasteiger partial charge in [0.2, 0.25) is 0 Å². The maximum absolute atomic E-state index is 11.1. The number of nitro groups is 1. The lowest BCUT2D eigenvalue weighted by molar-refractivity contribution is -0.385. The van der Waals surface area contributed by atoms with Crippen LogP contribution in [0.3, 0.4) is 0 Å². The van der Waals surface area contributed by atoms with E-state index in [1.165, 1.54) is 25.3 Å². The maximum atomic E-state index is 11.1. The molecule has 0 radical (unpaired) electrons. The number of rotatable bonds is 3. The van der Waals surface area contributed by atoms with Crippen LogP contribution in [0.2, 0.25) is 0 Å². The third-order valence-corrected chi connectivity index (χ3v) is 1.98. The quantitative estimate of drug-likeness (QED) is 0.351. The number of ether oxygens (including phenoxy) is 2. The zero-order valence-electron chi connectivity index (χ0n) is 9.93. The van der Waals surface area contributed by atoms with E-state index in [2.05, 4.69) is 16.6 Å². The molecule has 0 saturated carbocycles. The molecule has 94 valence electrons. The molecule has 18 heavy (non-hydrogen) atoms. The maximum Gasteiger partial charge on any atom is 0.384 e. The number of carbonyl (C=O) groups excluding carboxylic acids is 1. The minimum Gasteiger partial charge on any atom is -0.497 e. The van der Waals surface area contributed by atoms with Crippen LogP contribution in [-0.2, 0) is 9.53 Å². The second-order valence-corrected chi connectivity index (χ2v) is 3.11. The molecule has 0 aromatic heterocycles. The van der Waals surface area contributed by atoms with E-state index in [4.69, 9.17) is 4.74 Å². The van der Waals surface area contributed by atoms with E-state index in [9.17, 15) is 14.9 Å². The molecule has 0 aliphatic rings. The number of nitrogens with zero attached hydrogens (tertiary/aromatic N) is 1. The van der Waals surface area contributed by atoms with E-state index in [-0.39, 0.29) is 17.9 Å². The SMILES string of the molecule is CCOC(=O)C#Cc1cc(OC)ccc1[N+](=O)[O-]. The molecular formula is C12H11NO5. The molecule has 1 aromatic carbocycles. The van der Waals surface area contributed by atoms with Crippen molar-refractivity contribution in [3.63, 3.8) is 0 Å². The Morgan fingerprint density at radius 3 is 2.78 bits per heavy atom. The van der Waals surface area contributed by atoms with Gasteiger partial charge in [0.25, 0.3) is 5.69 Å². The highest BCUT2D eigenvalue weighted by atomic mass is 16.6. The van der Waals surface area contributed by atoms with Gasteiger partial charge in [-0.15, -0.1) is 0 Å². The summed E-state index contributed by atoms with van der Waals surface area (Å²) >= 11 is 0. The molecule has 0 spiro atoms. The second-order valence-electron chi connectivity index (χ2n) is 3.11. The van der Waals surface area contributed by atoms with E-state index in [0.717, 1.165) is 0 Å². The summed E-state index contributed by atoms with van der Waals surface area (Å²) in [6.45, 7) is 1.85. The van der Waals surface area contributed by atoms with Crippen molar-refractivity contribution in [3.8, 4) is 17.6 Å². The first-order valence-electron chi connectivity index (χ1n) is 5.09. The lowest BCUT2D eigenvalue weighted by atomic mass is 10.1. The molecule has 6 heteroatoms. The van der Waals surface area contributed by atoms with Crippen molar-refractivity contribution >= 4 is 11.7 Å². The van der Waals surface area contributed by atoms with Gasteiger partial charge in [-0.25, -0.2) is 4.79 Å². The Kier molecular flexibility index (Phi) is 4.69. The molecule has 1 aromatic rings. The van der Waals surface area contributed by atoms with Crippen LogP contribution in [0.15, 0.2) is 18.2 Å². The van der Waals surface area contributed by atoms with Gasteiger partial charge < -0.3 is 9.47 Å². The summed E-state index contributed by atoms with van der Waals surface area (Å²) in [6.07, 6.45) is 0. The Hall–Kier alpha value is -2.55. The van der Waals surface area contributed by atoms with Crippen molar-refractivity contribution in [1.82, 2.24) is 0 Å². The van der Waals surface area contributed by atoms with Gasteiger partial charge in [-0.3, -0.25) is 10.1 Å². The zero-order valence-corrected chi connectivity index (χ0v) is 9.93. The van der Waals surface area contributed by atoms with Gasteiger partial charge in [-0.05, 0) is 18.9 Å². The average Bonchev–Trinajstić information content (AvgIpc) is 2.36. The lowest BCUT2D eigenvalue weighted by Crippen LogP contribution is -2.00. The third kappa shape index (κ3) is 3.49. The van der Waals surface area contributed by atoms with Crippen LogP contribution in [0.4, 0.5) is 5.69 Å². The van der Waals surface area contributed by atoms with Crippen molar-refractivity contribution in [1.29, 1.82) is 0 Å². The largest absolute Gasteiger partial charge is 0.497 e. The Labute approximate surface area is 104 Å². The van der Waals surface area contributed by atoms with Crippen LogP contribution in [0.25, 0.3) is 0 Å². The third-order valence-electron chi connectivity index (χ3n) is 1.98. The van der Waals surface area contributed by atoms with Crippen molar-refractivity contribution in [2.75, 3.05) is 13.7 Å².